The first-order valence-corrected chi connectivity index (χ1v) is 8.95. The molecule has 26 heavy (non-hydrogen) atoms. The van der Waals surface area contributed by atoms with Crippen LogP contribution < -0.4 is 20.7 Å². The predicted molar refractivity (Wildman–Crippen MR) is 119 cm³/mol. The SMILES string of the molecule is CCCNC(=O)CCNC(=NC)NCCC(C)c1ccc(OC)cc1.I. The van der Waals surface area contributed by atoms with E-state index in [1.165, 1.54) is 5.56 Å². The first kappa shape index (κ1) is 24.5. The lowest BCUT2D eigenvalue weighted by molar-refractivity contribution is -0.120. The minimum Gasteiger partial charge on any atom is -0.497 e. The third kappa shape index (κ3) is 9.84. The summed E-state index contributed by atoms with van der Waals surface area (Å²) >= 11 is 0. The molecule has 7 heteroatoms. The molecule has 0 aliphatic carbocycles. The summed E-state index contributed by atoms with van der Waals surface area (Å²) in [6.07, 6.45) is 2.39. The van der Waals surface area contributed by atoms with Crippen molar-refractivity contribution in [3.05, 3.63) is 29.8 Å². The molecule has 0 saturated carbocycles. The lowest BCUT2D eigenvalue weighted by Gasteiger charge is -2.15. The van der Waals surface area contributed by atoms with Crippen LogP contribution in [0.25, 0.3) is 0 Å². The van der Waals surface area contributed by atoms with Crippen LogP contribution in [0.3, 0.4) is 0 Å². The zero-order valence-electron chi connectivity index (χ0n) is 16.3. The molecule has 0 fully saturated rings. The van der Waals surface area contributed by atoms with Gasteiger partial charge >= 0.3 is 0 Å². The number of ether oxygens (including phenoxy) is 1. The van der Waals surface area contributed by atoms with Crippen molar-refractivity contribution in [1.82, 2.24) is 16.0 Å². The second kappa shape index (κ2) is 14.6. The molecule has 1 aromatic carbocycles. The predicted octanol–water partition coefficient (Wildman–Crippen LogP) is 2.89. The van der Waals surface area contributed by atoms with Crippen molar-refractivity contribution in [2.24, 2.45) is 4.99 Å². The summed E-state index contributed by atoms with van der Waals surface area (Å²) in [5.41, 5.74) is 1.29. The molecule has 1 atom stereocenters. The van der Waals surface area contributed by atoms with Crippen LogP contribution in [0.1, 0.15) is 44.6 Å². The van der Waals surface area contributed by atoms with Crippen molar-refractivity contribution in [3.63, 3.8) is 0 Å². The van der Waals surface area contributed by atoms with Crippen LogP contribution in [0.5, 0.6) is 5.75 Å². The van der Waals surface area contributed by atoms with Crippen LogP contribution in [0.4, 0.5) is 0 Å². The number of benzene rings is 1. The quantitative estimate of drug-likeness (QED) is 0.276. The van der Waals surface area contributed by atoms with E-state index in [1.807, 2.05) is 19.1 Å². The van der Waals surface area contributed by atoms with Crippen LogP contribution >= 0.6 is 24.0 Å². The zero-order chi connectivity index (χ0) is 18.5. The molecule has 1 amide bonds. The van der Waals surface area contributed by atoms with Gasteiger partial charge in [0.25, 0.3) is 0 Å². The Morgan fingerprint density at radius 2 is 1.77 bits per heavy atom. The maximum absolute atomic E-state index is 11.6. The van der Waals surface area contributed by atoms with E-state index in [-0.39, 0.29) is 29.9 Å². The van der Waals surface area contributed by atoms with Crippen LogP contribution in [-0.4, -0.2) is 45.7 Å². The highest BCUT2D eigenvalue weighted by Crippen LogP contribution is 2.21. The number of carbonyl (C=O) groups excluding carboxylic acids is 1. The average Bonchev–Trinajstić information content (AvgIpc) is 2.64. The minimum atomic E-state index is 0. The van der Waals surface area contributed by atoms with Crippen LogP contribution in [0.2, 0.25) is 0 Å². The van der Waals surface area contributed by atoms with E-state index in [0.29, 0.717) is 18.9 Å². The van der Waals surface area contributed by atoms with Gasteiger partial charge in [-0.3, -0.25) is 9.79 Å². The highest BCUT2D eigenvalue weighted by Gasteiger charge is 2.07. The van der Waals surface area contributed by atoms with Gasteiger partial charge in [0.15, 0.2) is 5.96 Å². The molecule has 0 radical (unpaired) electrons. The molecule has 0 aliphatic rings. The number of rotatable bonds is 10. The van der Waals surface area contributed by atoms with E-state index in [0.717, 1.165) is 37.6 Å². The number of guanidine groups is 1. The molecule has 1 aromatic rings. The smallest absolute Gasteiger partial charge is 0.221 e. The lowest BCUT2D eigenvalue weighted by atomic mass is 9.98. The fourth-order valence-electron chi connectivity index (χ4n) is 2.37. The van der Waals surface area contributed by atoms with Gasteiger partial charge in [0.05, 0.1) is 7.11 Å². The van der Waals surface area contributed by atoms with Crippen molar-refractivity contribution in [2.45, 2.75) is 39.0 Å². The van der Waals surface area contributed by atoms with E-state index in [1.54, 1.807) is 14.2 Å². The standard InChI is InChI=1S/C19H32N4O2.HI/c1-5-12-21-18(24)11-14-23-19(20-3)22-13-10-15(2)16-6-8-17(25-4)9-7-16;/h6-9,15H,5,10-14H2,1-4H3,(H,21,24)(H2,20,22,23);1H. The Bertz CT molecular complexity index is 535. The monoisotopic (exact) mass is 476 g/mol. The van der Waals surface area contributed by atoms with Crippen LogP contribution in [-0.2, 0) is 4.79 Å². The van der Waals surface area contributed by atoms with Gasteiger partial charge in [-0.05, 0) is 36.5 Å². The van der Waals surface area contributed by atoms with Crippen LogP contribution in [0.15, 0.2) is 29.3 Å². The summed E-state index contributed by atoms with van der Waals surface area (Å²) in [4.78, 5) is 15.7. The Labute approximate surface area is 174 Å². The number of halogens is 1. The molecule has 148 valence electrons. The van der Waals surface area contributed by atoms with Gasteiger partial charge in [-0.15, -0.1) is 24.0 Å². The first-order valence-electron chi connectivity index (χ1n) is 8.95. The highest BCUT2D eigenvalue weighted by molar-refractivity contribution is 14.0. The van der Waals surface area contributed by atoms with E-state index in [4.69, 9.17) is 4.74 Å². The normalized spacial score (nSPS) is 11.9. The molecule has 0 saturated heterocycles. The lowest BCUT2D eigenvalue weighted by Crippen LogP contribution is -2.40. The summed E-state index contributed by atoms with van der Waals surface area (Å²) in [5.74, 6) is 2.11. The van der Waals surface area contributed by atoms with Crippen LogP contribution in [0, 0.1) is 0 Å². The van der Waals surface area contributed by atoms with E-state index < -0.39 is 0 Å². The van der Waals surface area contributed by atoms with Gasteiger partial charge in [0.1, 0.15) is 5.75 Å². The molecule has 0 aliphatic heterocycles. The summed E-state index contributed by atoms with van der Waals surface area (Å²) in [5, 5.41) is 9.32. The zero-order valence-corrected chi connectivity index (χ0v) is 18.6. The average molecular weight is 476 g/mol. The molecule has 1 rings (SSSR count). The Kier molecular flexibility index (Phi) is 13.8. The molecule has 3 N–H and O–H groups in total. The van der Waals surface area contributed by atoms with Gasteiger partial charge < -0.3 is 20.7 Å². The topological polar surface area (TPSA) is 74.8 Å². The van der Waals surface area contributed by atoms with Crippen molar-refractivity contribution in [3.8, 4) is 5.75 Å². The third-order valence-corrected chi connectivity index (χ3v) is 3.99. The van der Waals surface area contributed by atoms with Crippen molar-refractivity contribution >= 4 is 35.8 Å². The van der Waals surface area contributed by atoms with Gasteiger partial charge in [-0.25, -0.2) is 0 Å². The fraction of sp³-hybridized carbons (Fsp3) is 0.579. The van der Waals surface area contributed by atoms with Crippen molar-refractivity contribution in [1.29, 1.82) is 0 Å². The molecular weight excluding hydrogens is 443 g/mol. The van der Waals surface area contributed by atoms with Gasteiger partial charge in [-0.1, -0.05) is 26.0 Å². The van der Waals surface area contributed by atoms with E-state index >= 15 is 0 Å². The van der Waals surface area contributed by atoms with Gasteiger partial charge in [-0.2, -0.15) is 0 Å². The molecule has 0 aromatic heterocycles. The number of aliphatic imine (C=N–C) groups is 1. The number of hydrogen-bond donors (Lipinski definition) is 3. The number of methoxy groups -OCH3 is 1. The molecule has 1 unspecified atom stereocenters. The highest BCUT2D eigenvalue weighted by atomic mass is 127. The maximum atomic E-state index is 11.6. The van der Waals surface area contributed by atoms with Gasteiger partial charge in [0, 0.05) is 33.1 Å². The summed E-state index contributed by atoms with van der Waals surface area (Å²) in [7, 11) is 3.41. The Morgan fingerprint density at radius 3 is 2.35 bits per heavy atom. The summed E-state index contributed by atoms with van der Waals surface area (Å²) < 4.78 is 5.19. The van der Waals surface area contributed by atoms with E-state index in [2.05, 4.69) is 40.0 Å². The Morgan fingerprint density at radius 1 is 1.12 bits per heavy atom. The molecule has 0 spiro atoms. The Hall–Kier alpha value is -1.51. The third-order valence-electron chi connectivity index (χ3n) is 3.99. The molecule has 6 nitrogen and oxygen atoms in total. The molecular formula is C19H33IN4O2. The second-order valence-electron chi connectivity index (χ2n) is 5.99. The molecule has 0 heterocycles. The summed E-state index contributed by atoms with van der Waals surface area (Å²) in [6.45, 7) is 6.36. The fourth-order valence-corrected chi connectivity index (χ4v) is 2.37. The van der Waals surface area contributed by atoms with Gasteiger partial charge in [0.2, 0.25) is 5.91 Å². The summed E-state index contributed by atoms with van der Waals surface area (Å²) in [6, 6.07) is 8.18. The number of nitrogens with one attached hydrogen (secondary N) is 3. The second-order valence-corrected chi connectivity index (χ2v) is 5.99. The first-order chi connectivity index (χ1) is 12.1. The number of hydrogen-bond acceptors (Lipinski definition) is 3. The molecule has 0 bridgehead atoms. The number of amides is 1. The maximum Gasteiger partial charge on any atom is 0.221 e. The number of carbonyl (C=O) groups is 1. The van der Waals surface area contributed by atoms with E-state index in [9.17, 15) is 4.79 Å². The van der Waals surface area contributed by atoms with Crippen molar-refractivity contribution < 1.29 is 9.53 Å². The minimum absolute atomic E-state index is 0. The Balaban J connectivity index is 0.00000625. The largest absolute Gasteiger partial charge is 0.497 e. The van der Waals surface area contributed by atoms with Crippen molar-refractivity contribution in [2.75, 3.05) is 33.8 Å². The number of nitrogens with zero attached hydrogens (tertiary/aromatic N) is 1.